The van der Waals surface area contributed by atoms with Crippen molar-refractivity contribution in [2.75, 3.05) is 11.9 Å². The SMILES string of the molecule is CC(=O)c1cc(F)c(C)cc1N(C)Cc1ccccc1F. The highest BCUT2D eigenvalue weighted by Gasteiger charge is 2.15. The summed E-state index contributed by atoms with van der Waals surface area (Å²) in [6.45, 7) is 3.34. The third-order valence-corrected chi connectivity index (χ3v) is 3.43. The van der Waals surface area contributed by atoms with E-state index < -0.39 is 5.82 Å². The Morgan fingerprint density at radius 3 is 2.43 bits per heavy atom. The lowest BCUT2D eigenvalue weighted by Gasteiger charge is -2.23. The molecule has 2 rings (SSSR count). The average Bonchev–Trinajstić information content (AvgIpc) is 2.43. The predicted molar refractivity (Wildman–Crippen MR) is 79.6 cm³/mol. The zero-order chi connectivity index (χ0) is 15.6. The van der Waals surface area contributed by atoms with E-state index in [9.17, 15) is 13.6 Å². The van der Waals surface area contributed by atoms with Gasteiger partial charge in [0.1, 0.15) is 11.6 Å². The van der Waals surface area contributed by atoms with Crippen LogP contribution < -0.4 is 4.90 Å². The summed E-state index contributed by atoms with van der Waals surface area (Å²) in [5.41, 5.74) is 1.88. The summed E-state index contributed by atoms with van der Waals surface area (Å²) in [6, 6.07) is 9.33. The van der Waals surface area contributed by atoms with Crippen LogP contribution >= 0.6 is 0 Å². The molecule has 0 bridgehead atoms. The number of carbonyl (C=O) groups excluding carboxylic acids is 1. The van der Waals surface area contributed by atoms with E-state index in [0.29, 0.717) is 28.9 Å². The Labute approximate surface area is 123 Å². The number of hydrogen-bond donors (Lipinski definition) is 0. The van der Waals surface area contributed by atoms with Gasteiger partial charge in [0.25, 0.3) is 0 Å². The van der Waals surface area contributed by atoms with Crippen LogP contribution in [0.15, 0.2) is 36.4 Å². The predicted octanol–water partition coefficient (Wildman–Crippen LogP) is 4.11. The summed E-state index contributed by atoms with van der Waals surface area (Å²) in [5, 5.41) is 0. The van der Waals surface area contributed by atoms with Gasteiger partial charge in [-0.25, -0.2) is 8.78 Å². The Morgan fingerprint density at radius 1 is 1.14 bits per heavy atom. The van der Waals surface area contributed by atoms with Gasteiger partial charge in [-0.15, -0.1) is 0 Å². The molecule has 0 aliphatic carbocycles. The van der Waals surface area contributed by atoms with E-state index in [-0.39, 0.29) is 11.6 Å². The van der Waals surface area contributed by atoms with Crippen LogP contribution in [0.4, 0.5) is 14.5 Å². The highest BCUT2D eigenvalue weighted by molar-refractivity contribution is 5.99. The summed E-state index contributed by atoms with van der Waals surface area (Å²) in [6.07, 6.45) is 0. The lowest BCUT2D eigenvalue weighted by atomic mass is 10.0. The van der Waals surface area contributed by atoms with Gasteiger partial charge in [-0.2, -0.15) is 0 Å². The Balaban J connectivity index is 2.39. The minimum absolute atomic E-state index is 0.218. The molecule has 0 spiro atoms. The fourth-order valence-corrected chi connectivity index (χ4v) is 2.23. The number of halogens is 2. The van der Waals surface area contributed by atoms with E-state index in [1.807, 2.05) is 0 Å². The van der Waals surface area contributed by atoms with Crippen molar-refractivity contribution in [1.82, 2.24) is 0 Å². The van der Waals surface area contributed by atoms with Crippen molar-refractivity contribution in [3.8, 4) is 0 Å². The van der Waals surface area contributed by atoms with E-state index in [0.717, 1.165) is 0 Å². The summed E-state index contributed by atoms with van der Waals surface area (Å²) in [5.74, 6) is -0.930. The number of nitrogens with zero attached hydrogens (tertiary/aromatic N) is 1. The number of rotatable bonds is 4. The lowest BCUT2D eigenvalue weighted by Crippen LogP contribution is -2.20. The molecule has 21 heavy (non-hydrogen) atoms. The molecule has 110 valence electrons. The fourth-order valence-electron chi connectivity index (χ4n) is 2.23. The Hall–Kier alpha value is -2.23. The monoisotopic (exact) mass is 289 g/mol. The number of hydrogen-bond acceptors (Lipinski definition) is 2. The van der Waals surface area contributed by atoms with Crippen molar-refractivity contribution in [2.24, 2.45) is 0 Å². The van der Waals surface area contributed by atoms with Crippen molar-refractivity contribution in [3.63, 3.8) is 0 Å². The standard InChI is InChI=1S/C17H17F2NO/c1-11-8-17(14(12(2)21)9-16(11)19)20(3)10-13-6-4-5-7-15(13)18/h4-9H,10H2,1-3H3. The molecule has 0 fully saturated rings. The number of carbonyl (C=O) groups is 1. The average molecular weight is 289 g/mol. The highest BCUT2D eigenvalue weighted by atomic mass is 19.1. The summed E-state index contributed by atoms with van der Waals surface area (Å²) in [7, 11) is 1.76. The number of aryl methyl sites for hydroxylation is 1. The van der Waals surface area contributed by atoms with E-state index >= 15 is 0 Å². The first-order valence-electron chi connectivity index (χ1n) is 6.65. The van der Waals surface area contributed by atoms with Gasteiger partial charge in [-0.05, 0) is 37.6 Å². The highest BCUT2D eigenvalue weighted by Crippen LogP contribution is 2.25. The van der Waals surface area contributed by atoms with Crippen molar-refractivity contribution in [2.45, 2.75) is 20.4 Å². The van der Waals surface area contributed by atoms with Crippen LogP contribution in [0, 0.1) is 18.6 Å². The summed E-state index contributed by atoms with van der Waals surface area (Å²) in [4.78, 5) is 13.4. The molecule has 0 radical (unpaired) electrons. The van der Waals surface area contributed by atoms with Crippen molar-refractivity contribution < 1.29 is 13.6 Å². The zero-order valence-corrected chi connectivity index (χ0v) is 12.3. The van der Waals surface area contributed by atoms with Gasteiger partial charge in [0.15, 0.2) is 5.78 Å². The van der Waals surface area contributed by atoms with E-state index in [4.69, 9.17) is 0 Å². The molecule has 0 heterocycles. The number of benzene rings is 2. The van der Waals surface area contributed by atoms with E-state index in [1.165, 1.54) is 19.1 Å². The van der Waals surface area contributed by atoms with Gasteiger partial charge in [0.05, 0.1) is 0 Å². The maximum Gasteiger partial charge on any atom is 0.161 e. The number of ketones is 1. The second kappa shape index (κ2) is 6.04. The molecular formula is C17H17F2NO. The lowest BCUT2D eigenvalue weighted by molar-refractivity contribution is 0.101. The van der Waals surface area contributed by atoms with Crippen LogP contribution in [0.3, 0.4) is 0 Å². The number of anilines is 1. The van der Waals surface area contributed by atoms with E-state index in [1.54, 1.807) is 43.1 Å². The minimum Gasteiger partial charge on any atom is -0.370 e. The van der Waals surface area contributed by atoms with Crippen LogP contribution in [0.2, 0.25) is 0 Å². The summed E-state index contributed by atoms with van der Waals surface area (Å²) >= 11 is 0. The van der Waals surface area contributed by atoms with Gasteiger partial charge in [-0.3, -0.25) is 4.79 Å². The quantitative estimate of drug-likeness (QED) is 0.789. The van der Waals surface area contributed by atoms with Crippen molar-refractivity contribution >= 4 is 11.5 Å². The van der Waals surface area contributed by atoms with Crippen LogP contribution in [0.5, 0.6) is 0 Å². The molecule has 0 aliphatic rings. The normalized spacial score (nSPS) is 10.5. The smallest absolute Gasteiger partial charge is 0.161 e. The molecule has 0 unspecified atom stereocenters. The number of Topliss-reactive ketones (excluding diaryl/α,β-unsaturated/α-hetero) is 1. The molecular weight excluding hydrogens is 272 g/mol. The Morgan fingerprint density at radius 2 is 1.81 bits per heavy atom. The first kappa shape index (κ1) is 15.2. The third-order valence-electron chi connectivity index (χ3n) is 3.43. The first-order chi connectivity index (χ1) is 9.90. The largest absolute Gasteiger partial charge is 0.370 e. The maximum atomic E-state index is 13.7. The second-order valence-corrected chi connectivity index (χ2v) is 5.12. The molecule has 0 saturated heterocycles. The molecule has 4 heteroatoms. The van der Waals surface area contributed by atoms with Crippen LogP contribution in [0.1, 0.15) is 28.4 Å². The minimum atomic E-state index is -0.414. The maximum absolute atomic E-state index is 13.7. The fraction of sp³-hybridized carbons (Fsp3) is 0.235. The van der Waals surface area contributed by atoms with Gasteiger partial charge >= 0.3 is 0 Å². The molecule has 2 aromatic carbocycles. The Bertz CT molecular complexity index is 682. The molecule has 0 aromatic heterocycles. The molecule has 0 N–H and O–H groups in total. The summed E-state index contributed by atoms with van der Waals surface area (Å²) < 4.78 is 27.4. The van der Waals surface area contributed by atoms with Crippen LogP contribution in [-0.2, 0) is 6.54 Å². The van der Waals surface area contributed by atoms with Gasteiger partial charge in [-0.1, -0.05) is 18.2 Å². The molecule has 2 aromatic rings. The second-order valence-electron chi connectivity index (χ2n) is 5.12. The van der Waals surface area contributed by atoms with E-state index in [2.05, 4.69) is 0 Å². The molecule has 2 nitrogen and oxygen atoms in total. The molecule has 0 amide bonds. The van der Waals surface area contributed by atoms with Gasteiger partial charge in [0, 0.05) is 30.4 Å². The van der Waals surface area contributed by atoms with Crippen LogP contribution in [0.25, 0.3) is 0 Å². The van der Waals surface area contributed by atoms with Gasteiger partial charge < -0.3 is 4.90 Å². The van der Waals surface area contributed by atoms with Gasteiger partial charge in [0.2, 0.25) is 0 Å². The van der Waals surface area contributed by atoms with Crippen molar-refractivity contribution in [3.05, 3.63) is 64.7 Å². The molecule has 0 aliphatic heterocycles. The first-order valence-corrected chi connectivity index (χ1v) is 6.65. The van der Waals surface area contributed by atoms with Crippen molar-refractivity contribution in [1.29, 1.82) is 0 Å². The molecule has 0 atom stereocenters. The molecule has 0 saturated carbocycles. The Kier molecular flexibility index (Phi) is 4.36. The zero-order valence-electron chi connectivity index (χ0n) is 12.3. The topological polar surface area (TPSA) is 20.3 Å². The third kappa shape index (κ3) is 3.27. The van der Waals surface area contributed by atoms with Crippen LogP contribution in [-0.4, -0.2) is 12.8 Å².